The number of hydrogen-bond acceptors (Lipinski definition) is 2. The first-order chi connectivity index (χ1) is 16.0. The highest BCUT2D eigenvalue weighted by Gasteiger charge is 2.17. The molecule has 0 saturated heterocycles. The van der Waals surface area contributed by atoms with Gasteiger partial charge in [0.15, 0.2) is 0 Å². The minimum absolute atomic E-state index is 0.428. The molecule has 1 amide bonds. The van der Waals surface area contributed by atoms with E-state index < -0.39 is 5.91 Å². The Hall–Kier alpha value is -3.76. The van der Waals surface area contributed by atoms with Gasteiger partial charge in [-0.15, -0.1) is 0 Å². The second kappa shape index (κ2) is 8.64. The van der Waals surface area contributed by atoms with Crippen molar-refractivity contribution in [2.45, 2.75) is 13.5 Å². The number of carbonyl (C=O) groups excluding carboxylic acids is 1. The van der Waals surface area contributed by atoms with Crippen LogP contribution in [0.5, 0.6) is 5.75 Å². The van der Waals surface area contributed by atoms with Crippen LogP contribution in [0.4, 0.5) is 0 Å². The van der Waals surface area contributed by atoms with Crippen molar-refractivity contribution in [1.82, 2.24) is 4.57 Å². The molecule has 4 aromatic carbocycles. The molecule has 0 spiro atoms. The summed E-state index contributed by atoms with van der Waals surface area (Å²) in [4.78, 5) is 12.2. The van der Waals surface area contributed by atoms with Gasteiger partial charge in [0.25, 0.3) is 0 Å². The molecule has 4 nitrogen and oxygen atoms in total. The molecule has 0 unspecified atom stereocenters. The third kappa shape index (κ3) is 3.94. The first-order valence-corrected chi connectivity index (χ1v) is 11.3. The lowest BCUT2D eigenvalue weighted by molar-refractivity contribution is 0.100. The van der Waals surface area contributed by atoms with E-state index >= 15 is 0 Å². The zero-order valence-corrected chi connectivity index (χ0v) is 19.0. The molecule has 1 aromatic heterocycles. The number of ether oxygens (including phenoxy) is 1. The number of benzene rings is 4. The van der Waals surface area contributed by atoms with Crippen molar-refractivity contribution in [2.24, 2.45) is 5.73 Å². The van der Waals surface area contributed by atoms with Crippen LogP contribution in [0.3, 0.4) is 0 Å². The molecule has 0 bridgehead atoms. The van der Waals surface area contributed by atoms with Crippen LogP contribution in [0, 0.1) is 0 Å². The van der Waals surface area contributed by atoms with Crippen molar-refractivity contribution in [3.63, 3.8) is 0 Å². The maximum Gasteiger partial charge on any atom is 0.249 e. The SMILES string of the molecule is CCOc1ccc(Cn2c3cc(-c4ccc(Cl)cc4)ccc3c3c(C(N)=O)cccc32)cc1. The Labute approximate surface area is 197 Å². The summed E-state index contributed by atoms with van der Waals surface area (Å²) < 4.78 is 7.83. The Morgan fingerprint density at radius 3 is 2.33 bits per heavy atom. The van der Waals surface area contributed by atoms with Gasteiger partial charge in [0.2, 0.25) is 5.91 Å². The molecule has 33 heavy (non-hydrogen) atoms. The molecule has 0 aliphatic rings. The van der Waals surface area contributed by atoms with Gasteiger partial charge in [-0.1, -0.05) is 54.1 Å². The zero-order valence-electron chi connectivity index (χ0n) is 18.2. The minimum atomic E-state index is -0.428. The largest absolute Gasteiger partial charge is 0.494 e. The molecule has 0 aliphatic carbocycles. The lowest BCUT2D eigenvalue weighted by Gasteiger charge is -2.10. The Kier molecular flexibility index (Phi) is 5.53. The highest BCUT2D eigenvalue weighted by atomic mass is 35.5. The van der Waals surface area contributed by atoms with Crippen molar-refractivity contribution in [2.75, 3.05) is 6.61 Å². The number of nitrogens with two attached hydrogens (primary N) is 1. The second-order valence-corrected chi connectivity index (χ2v) is 8.40. The first-order valence-electron chi connectivity index (χ1n) is 10.9. The summed E-state index contributed by atoms with van der Waals surface area (Å²) in [7, 11) is 0. The number of carbonyl (C=O) groups is 1. The van der Waals surface area contributed by atoms with Gasteiger partial charge in [0.05, 0.1) is 17.6 Å². The first kappa shape index (κ1) is 21.1. The Morgan fingerprint density at radius 2 is 1.64 bits per heavy atom. The molecule has 2 N–H and O–H groups in total. The third-order valence-corrected chi connectivity index (χ3v) is 6.16. The topological polar surface area (TPSA) is 57.2 Å². The van der Waals surface area contributed by atoms with Crippen LogP contribution in [0.25, 0.3) is 32.9 Å². The van der Waals surface area contributed by atoms with Gasteiger partial charge >= 0.3 is 0 Å². The number of aromatic nitrogens is 1. The van der Waals surface area contributed by atoms with Gasteiger partial charge in [-0.05, 0) is 66.1 Å². The molecule has 5 heteroatoms. The quantitative estimate of drug-likeness (QED) is 0.312. The molecule has 0 atom stereocenters. The summed E-state index contributed by atoms with van der Waals surface area (Å²) in [6, 6.07) is 27.9. The fourth-order valence-electron chi connectivity index (χ4n) is 4.38. The lowest BCUT2D eigenvalue weighted by atomic mass is 10.0. The molecule has 0 aliphatic heterocycles. The average Bonchev–Trinajstić information content (AvgIpc) is 3.14. The van der Waals surface area contributed by atoms with Crippen LogP contribution in [-0.2, 0) is 6.54 Å². The van der Waals surface area contributed by atoms with E-state index in [4.69, 9.17) is 22.1 Å². The van der Waals surface area contributed by atoms with E-state index in [9.17, 15) is 4.79 Å². The smallest absolute Gasteiger partial charge is 0.249 e. The van der Waals surface area contributed by atoms with Gasteiger partial charge in [-0.25, -0.2) is 0 Å². The molecule has 0 fully saturated rings. The maximum absolute atomic E-state index is 12.2. The van der Waals surface area contributed by atoms with Crippen LogP contribution in [-0.4, -0.2) is 17.1 Å². The van der Waals surface area contributed by atoms with Crippen molar-refractivity contribution < 1.29 is 9.53 Å². The predicted octanol–water partition coefficient (Wildman–Crippen LogP) is 6.66. The molecule has 164 valence electrons. The molecular weight excluding hydrogens is 432 g/mol. The van der Waals surface area contributed by atoms with Crippen LogP contribution < -0.4 is 10.5 Å². The second-order valence-electron chi connectivity index (χ2n) is 7.97. The van der Waals surface area contributed by atoms with Gasteiger partial charge in [-0.2, -0.15) is 0 Å². The van der Waals surface area contributed by atoms with Crippen LogP contribution in [0.1, 0.15) is 22.8 Å². The van der Waals surface area contributed by atoms with Crippen molar-refractivity contribution >= 4 is 39.3 Å². The Bertz CT molecular complexity index is 1470. The van der Waals surface area contributed by atoms with Gasteiger partial charge in [0, 0.05) is 27.9 Å². The highest BCUT2D eigenvalue weighted by molar-refractivity contribution is 6.30. The van der Waals surface area contributed by atoms with Crippen LogP contribution >= 0.6 is 11.6 Å². The molecule has 1 heterocycles. The normalized spacial score (nSPS) is 11.2. The third-order valence-electron chi connectivity index (χ3n) is 5.91. The van der Waals surface area contributed by atoms with E-state index in [-0.39, 0.29) is 0 Å². The van der Waals surface area contributed by atoms with E-state index in [1.165, 1.54) is 0 Å². The summed E-state index contributed by atoms with van der Waals surface area (Å²) in [5, 5.41) is 2.59. The van der Waals surface area contributed by atoms with Crippen molar-refractivity contribution in [3.05, 3.63) is 101 Å². The fourth-order valence-corrected chi connectivity index (χ4v) is 4.51. The monoisotopic (exact) mass is 454 g/mol. The lowest BCUT2D eigenvalue weighted by Crippen LogP contribution is -2.11. The number of primary amides is 1. The standard InChI is InChI=1S/C28H23ClN2O2/c1-2-33-22-13-6-18(7-14-22)17-31-25-5-3-4-24(28(30)32)27(25)23-15-10-20(16-26(23)31)19-8-11-21(29)12-9-19/h3-16H,2,17H2,1H3,(H2,30,32). The van der Waals surface area contributed by atoms with Gasteiger partial charge < -0.3 is 15.0 Å². The van der Waals surface area contributed by atoms with E-state index in [0.717, 1.165) is 44.2 Å². The number of fused-ring (bicyclic) bond motifs is 3. The summed E-state index contributed by atoms with van der Waals surface area (Å²) in [5.41, 5.74) is 11.6. The number of nitrogens with zero attached hydrogens (tertiary/aromatic N) is 1. The summed E-state index contributed by atoms with van der Waals surface area (Å²) in [5.74, 6) is 0.423. The highest BCUT2D eigenvalue weighted by Crippen LogP contribution is 2.35. The van der Waals surface area contributed by atoms with Crippen LogP contribution in [0.2, 0.25) is 5.02 Å². The molecule has 0 radical (unpaired) electrons. The van der Waals surface area contributed by atoms with Gasteiger partial charge in [0.1, 0.15) is 5.75 Å². The maximum atomic E-state index is 12.2. The Balaban J connectivity index is 1.71. The van der Waals surface area contributed by atoms with Crippen molar-refractivity contribution in [3.8, 4) is 16.9 Å². The zero-order chi connectivity index (χ0) is 22.9. The van der Waals surface area contributed by atoms with Gasteiger partial charge in [-0.3, -0.25) is 4.79 Å². The predicted molar refractivity (Wildman–Crippen MR) is 135 cm³/mol. The number of halogens is 1. The summed E-state index contributed by atoms with van der Waals surface area (Å²) in [6.45, 7) is 3.26. The minimum Gasteiger partial charge on any atom is -0.494 e. The van der Waals surface area contributed by atoms with Crippen LogP contribution in [0.15, 0.2) is 84.9 Å². The Morgan fingerprint density at radius 1 is 0.909 bits per heavy atom. The number of hydrogen-bond donors (Lipinski definition) is 1. The average molecular weight is 455 g/mol. The van der Waals surface area contributed by atoms with Crippen molar-refractivity contribution in [1.29, 1.82) is 0 Å². The van der Waals surface area contributed by atoms with E-state index in [1.807, 2.05) is 55.5 Å². The molecule has 0 saturated carbocycles. The van der Waals surface area contributed by atoms with E-state index in [1.54, 1.807) is 6.07 Å². The number of rotatable bonds is 6. The fraction of sp³-hybridized carbons (Fsp3) is 0.107. The molecule has 5 aromatic rings. The summed E-state index contributed by atoms with van der Waals surface area (Å²) in [6.07, 6.45) is 0. The number of amides is 1. The van der Waals surface area contributed by atoms with E-state index in [0.29, 0.717) is 23.7 Å². The molecular formula is C28H23ClN2O2. The van der Waals surface area contributed by atoms with E-state index in [2.05, 4.69) is 34.9 Å². The summed E-state index contributed by atoms with van der Waals surface area (Å²) >= 11 is 6.08. The molecule has 5 rings (SSSR count).